The summed E-state index contributed by atoms with van der Waals surface area (Å²) in [5.41, 5.74) is 9.08. The maximum atomic E-state index is 6.07. The Hall–Kier alpha value is -6.78. The summed E-state index contributed by atoms with van der Waals surface area (Å²) in [5, 5.41) is 12.2. The molecule has 0 amide bonds. The zero-order valence-corrected chi connectivity index (χ0v) is 26.8. The van der Waals surface area contributed by atoms with Gasteiger partial charge in [-0.25, -0.2) is 9.97 Å². The Morgan fingerprint density at radius 2 is 0.900 bits per heavy atom. The van der Waals surface area contributed by atoms with Crippen molar-refractivity contribution in [1.82, 2.24) is 14.5 Å². The quantitative estimate of drug-likeness (QED) is 0.181. The molecule has 0 atom stereocenters. The van der Waals surface area contributed by atoms with Crippen LogP contribution in [0, 0.1) is 0 Å². The Morgan fingerprint density at radius 1 is 0.360 bits per heavy atom. The molecule has 11 rings (SSSR count). The highest BCUT2D eigenvalue weighted by Gasteiger charge is 2.16. The van der Waals surface area contributed by atoms with Crippen molar-refractivity contribution in [2.45, 2.75) is 0 Å². The second-order valence-corrected chi connectivity index (χ2v) is 13.0. The van der Waals surface area contributed by atoms with Crippen molar-refractivity contribution in [3.05, 3.63) is 164 Å². The Balaban J connectivity index is 1.07. The molecule has 4 heteroatoms. The number of furan rings is 1. The van der Waals surface area contributed by atoms with Crippen molar-refractivity contribution < 1.29 is 4.42 Å². The lowest BCUT2D eigenvalue weighted by molar-refractivity contribution is 0.669. The second kappa shape index (κ2) is 10.4. The highest BCUT2D eigenvalue weighted by molar-refractivity contribution is 6.25. The molecule has 232 valence electrons. The van der Waals surface area contributed by atoms with E-state index in [4.69, 9.17) is 9.40 Å². The van der Waals surface area contributed by atoms with Gasteiger partial charge in [-0.2, -0.15) is 0 Å². The molecule has 0 saturated carbocycles. The van der Waals surface area contributed by atoms with Crippen LogP contribution in [-0.4, -0.2) is 14.5 Å². The Kier molecular flexibility index (Phi) is 5.63. The van der Waals surface area contributed by atoms with Crippen molar-refractivity contribution in [3.63, 3.8) is 0 Å². The average Bonchev–Trinajstić information content (AvgIpc) is 3.73. The summed E-state index contributed by atoms with van der Waals surface area (Å²) in [6.07, 6.45) is 1.67. The molecule has 4 nitrogen and oxygen atoms in total. The number of nitrogens with zero attached hydrogens (tertiary/aromatic N) is 3. The van der Waals surface area contributed by atoms with E-state index in [1.54, 1.807) is 6.33 Å². The van der Waals surface area contributed by atoms with E-state index >= 15 is 0 Å². The van der Waals surface area contributed by atoms with Gasteiger partial charge in [0.25, 0.3) is 0 Å². The van der Waals surface area contributed by atoms with E-state index in [0.29, 0.717) is 0 Å². The summed E-state index contributed by atoms with van der Waals surface area (Å²) >= 11 is 0. The fraction of sp³-hybridized carbons (Fsp3) is 0. The third-order valence-electron chi connectivity index (χ3n) is 10.3. The van der Waals surface area contributed by atoms with Gasteiger partial charge in [0.05, 0.1) is 22.4 Å². The molecule has 0 unspecified atom stereocenters. The molecule has 50 heavy (non-hydrogen) atoms. The summed E-state index contributed by atoms with van der Waals surface area (Å²) in [4.78, 5) is 9.42. The first-order valence-electron chi connectivity index (χ1n) is 16.9. The first-order chi connectivity index (χ1) is 24.8. The van der Waals surface area contributed by atoms with Crippen molar-refractivity contribution >= 4 is 76.1 Å². The maximum Gasteiger partial charge on any atom is 0.135 e. The van der Waals surface area contributed by atoms with Crippen molar-refractivity contribution in [1.29, 1.82) is 0 Å². The van der Waals surface area contributed by atoms with Gasteiger partial charge >= 0.3 is 0 Å². The molecule has 0 aliphatic rings. The van der Waals surface area contributed by atoms with E-state index in [0.717, 1.165) is 55.7 Å². The molecular formula is C46H27N3O. The predicted molar refractivity (Wildman–Crippen MR) is 207 cm³/mol. The molecule has 0 N–H and O–H groups in total. The second-order valence-electron chi connectivity index (χ2n) is 13.0. The number of hydrogen-bond acceptors (Lipinski definition) is 3. The number of rotatable bonds is 3. The fourth-order valence-electron chi connectivity index (χ4n) is 8.00. The van der Waals surface area contributed by atoms with Crippen LogP contribution in [0.25, 0.3) is 104 Å². The van der Waals surface area contributed by atoms with E-state index in [9.17, 15) is 0 Å². The molecule has 11 aromatic rings. The van der Waals surface area contributed by atoms with Gasteiger partial charge in [0, 0.05) is 38.4 Å². The summed E-state index contributed by atoms with van der Waals surface area (Å²) in [7, 11) is 0. The number of aromatic nitrogens is 3. The molecule has 3 aromatic heterocycles. The van der Waals surface area contributed by atoms with Crippen molar-refractivity contribution in [2.75, 3.05) is 0 Å². The van der Waals surface area contributed by atoms with Gasteiger partial charge in [0.1, 0.15) is 17.5 Å². The SMILES string of the molecule is c1ccc2c(c1)oc1ccc(-c3cc(-c4ccc5c(c4)c4ccccc4n5-c4ccc5c6ccccc6c6ccccc6c5c4)ncn3)cc12. The topological polar surface area (TPSA) is 43.9 Å². The van der Waals surface area contributed by atoms with Crippen molar-refractivity contribution in [3.8, 4) is 28.2 Å². The van der Waals surface area contributed by atoms with Gasteiger partial charge in [0.2, 0.25) is 0 Å². The minimum Gasteiger partial charge on any atom is -0.456 e. The minimum atomic E-state index is 0.874. The standard InChI is InChI=1S/C46H27N3O/c1-2-11-33-31(9-1)32-10-3-4-12-34(32)38-25-30(19-20-35(33)38)49-43-15-7-5-13-36(43)39-23-28(17-21-44(39)49)41-26-42(48-27-47-41)29-18-22-46-40(24-29)37-14-6-8-16-45(37)50-46/h1-27H. The number of para-hydroxylation sites is 2. The average molecular weight is 638 g/mol. The summed E-state index contributed by atoms with van der Waals surface area (Å²) in [6, 6.07) is 56.3. The van der Waals surface area contributed by atoms with E-state index in [-0.39, 0.29) is 0 Å². The van der Waals surface area contributed by atoms with Gasteiger partial charge in [-0.05, 0) is 93.0 Å². The lowest BCUT2D eigenvalue weighted by Crippen LogP contribution is -1.95. The summed E-state index contributed by atoms with van der Waals surface area (Å²) < 4.78 is 8.47. The highest BCUT2D eigenvalue weighted by Crippen LogP contribution is 2.39. The Bertz CT molecular complexity index is 3130. The molecule has 3 heterocycles. The zero-order chi connectivity index (χ0) is 32.8. The summed E-state index contributed by atoms with van der Waals surface area (Å²) in [6.45, 7) is 0. The fourth-order valence-corrected chi connectivity index (χ4v) is 8.00. The Labute approximate surface area is 286 Å². The molecule has 0 spiro atoms. The zero-order valence-electron chi connectivity index (χ0n) is 26.8. The van der Waals surface area contributed by atoms with Gasteiger partial charge < -0.3 is 8.98 Å². The van der Waals surface area contributed by atoms with Crippen LogP contribution in [0.15, 0.2) is 168 Å². The third-order valence-corrected chi connectivity index (χ3v) is 10.3. The third kappa shape index (κ3) is 3.93. The number of benzene rings is 8. The lowest BCUT2D eigenvalue weighted by Gasteiger charge is -2.14. The van der Waals surface area contributed by atoms with Crippen LogP contribution in [0.3, 0.4) is 0 Å². The molecular weight excluding hydrogens is 611 g/mol. The van der Waals surface area contributed by atoms with Gasteiger partial charge in [-0.15, -0.1) is 0 Å². The van der Waals surface area contributed by atoms with Crippen LogP contribution >= 0.6 is 0 Å². The molecule has 0 saturated heterocycles. The van der Waals surface area contributed by atoms with Crippen LogP contribution in [0.1, 0.15) is 0 Å². The lowest BCUT2D eigenvalue weighted by atomic mass is 9.94. The minimum absolute atomic E-state index is 0.874. The molecule has 0 fully saturated rings. The van der Waals surface area contributed by atoms with Crippen LogP contribution < -0.4 is 0 Å². The van der Waals surface area contributed by atoms with Crippen LogP contribution in [0.5, 0.6) is 0 Å². The largest absolute Gasteiger partial charge is 0.456 e. The van der Waals surface area contributed by atoms with Crippen LogP contribution in [0.2, 0.25) is 0 Å². The van der Waals surface area contributed by atoms with E-state index in [1.807, 2.05) is 24.3 Å². The molecule has 0 bridgehead atoms. The Morgan fingerprint density at radius 3 is 1.64 bits per heavy atom. The van der Waals surface area contributed by atoms with E-state index < -0.39 is 0 Å². The van der Waals surface area contributed by atoms with Gasteiger partial charge in [-0.3, -0.25) is 0 Å². The predicted octanol–water partition coefficient (Wildman–Crippen LogP) is 12.3. The normalized spacial score (nSPS) is 12.0. The molecule has 0 aliphatic heterocycles. The number of fused-ring (bicyclic) bond motifs is 12. The molecule has 0 aliphatic carbocycles. The summed E-state index contributed by atoms with van der Waals surface area (Å²) in [5.74, 6) is 0. The van der Waals surface area contributed by atoms with Crippen LogP contribution in [0.4, 0.5) is 0 Å². The van der Waals surface area contributed by atoms with Gasteiger partial charge in [0.15, 0.2) is 0 Å². The first-order valence-corrected chi connectivity index (χ1v) is 16.9. The first kappa shape index (κ1) is 27.2. The molecule has 8 aromatic carbocycles. The molecule has 0 radical (unpaired) electrons. The highest BCUT2D eigenvalue weighted by atomic mass is 16.3. The van der Waals surface area contributed by atoms with E-state index in [1.165, 1.54) is 48.6 Å². The monoisotopic (exact) mass is 637 g/mol. The maximum absolute atomic E-state index is 6.07. The van der Waals surface area contributed by atoms with Gasteiger partial charge in [-0.1, -0.05) is 97.1 Å². The number of hydrogen-bond donors (Lipinski definition) is 0. The van der Waals surface area contributed by atoms with Crippen molar-refractivity contribution in [2.24, 2.45) is 0 Å². The van der Waals surface area contributed by atoms with Crippen LogP contribution in [-0.2, 0) is 0 Å². The van der Waals surface area contributed by atoms with E-state index in [2.05, 4.69) is 143 Å². The smallest absolute Gasteiger partial charge is 0.135 e.